The number of ether oxygens (including phenoxy) is 1. The number of piperazine rings is 1. The maximum absolute atomic E-state index is 14.4. The van der Waals surface area contributed by atoms with Crippen molar-refractivity contribution < 1.29 is 13.9 Å². The van der Waals surface area contributed by atoms with E-state index >= 15 is 0 Å². The normalized spacial score (nSPS) is 26.8. The van der Waals surface area contributed by atoms with Crippen LogP contribution in [0.15, 0.2) is 0 Å². The number of unbranched alkanes of at least 4 members (excludes halogenated alkanes) is 6. The number of nitrogens with one attached hydrogen (secondary N) is 1. The minimum atomic E-state index is -1.09. The van der Waals surface area contributed by atoms with E-state index in [0.29, 0.717) is 13.0 Å². The molecule has 2 aliphatic heterocycles. The van der Waals surface area contributed by atoms with E-state index < -0.39 is 6.17 Å². The van der Waals surface area contributed by atoms with Gasteiger partial charge in [0.25, 0.3) is 0 Å². The molecule has 2 saturated heterocycles. The van der Waals surface area contributed by atoms with Crippen LogP contribution in [0.4, 0.5) is 4.39 Å². The van der Waals surface area contributed by atoms with Crippen LogP contribution in [0.3, 0.4) is 0 Å². The molecule has 2 fully saturated rings. The van der Waals surface area contributed by atoms with Crippen molar-refractivity contribution in [3.63, 3.8) is 0 Å². The van der Waals surface area contributed by atoms with Gasteiger partial charge in [-0.25, -0.2) is 4.39 Å². The Hall–Kier alpha value is -0.720. The lowest BCUT2D eigenvalue weighted by Crippen LogP contribution is -2.60. The lowest BCUT2D eigenvalue weighted by molar-refractivity contribution is -0.141. The second-order valence-corrected chi connectivity index (χ2v) is 8.74. The second kappa shape index (κ2) is 12.8. The van der Waals surface area contributed by atoms with E-state index in [0.717, 1.165) is 26.2 Å². The molecule has 0 aromatic heterocycles. The summed E-state index contributed by atoms with van der Waals surface area (Å²) in [7, 11) is 0. The predicted octanol–water partition coefficient (Wildman–Crippen LogP) is 3.37. The van der Waals surface area contributed by atoms with Gasteiger partial charge in [0.2, 0.25) is 5.91 Å². The first-order valence-corrected chi connectivity index (χ1v) is 11.5. The van der Waals surface area contributed by atoms with E-state index in [-0.39, 0.29) is 30.7 Å². The molecule has 0 aliphatic carbocycles. The fourth-order valence-electron chi connectivity index (χ4n) is 4.28. The number of carbonyl (C=O) groups is 1. The van der Waals surface area contributed by atoms with Crippen LogP contribution in [0.5, 0.6) is 0 Å². The minimum Gasteiger partial charge on any atom is -0.372 e. The van der Waals surface area contributed by atoms with E-state index in [1.165, 1.54) is 44.9 Å². The van der Waals surface area contributed by atoms with Crippen LogP contribution in [0.1, 0.15) is 72.1 Å². The molecule has 1 unspecified atom stereocenters. The Morgan fingerprint density at radius 1 is 1.11 bits per heavy atom. The van der Waals surface area contributed by atoms with Gasteiger partial charge in [0.05, 0.1) is 24.8 Å². The molecule has 0 radical (unpaired) electrons. The monoisotopic (exact) mass is 399 g/mol. The number of carbonyl (C=O) groups excluding carboxylic acids is 1. The molecule has 164 valence electrons. The number of halogens is 1. The van der Waals surface area contributed by atoms with Crippen LogP contribution in [-0.4, -0.2) is 79.4 Å². The maximum Gasteiger partial charge on any atom is 0.241 e. The fourth-order valence-corrected chi connectivity index (χ4v) is 4.28. The molecule has 0 spiro atoms. The molecule has 2 rings (SSSR count). The summed E-state index contributed by atoms with van der Waals surface area (Å²) >= 11 is 0. The van der Waals surface area contributed by atoms with E-state index in [2.05, 4.69) is 17.1 Å². The lowest BCUT2D eigenvalue weighted by atomic mass is 10.0. The molecule has 1 N–H and O–H groups in total. The average Bonchev–Trinajstić information content (AvgIpc) is 2.68. The van der Waals surface area contributed by atoms with Gasteiger partial charge in [-0.05, 0) is 33.2 Å². The predicted molar refractivity (Wildman–Crippen MR) is 112 cm³/mol. The highest BCUT2D eigenvalue weighted by molar-refractivity contribution is 5.82. The van der Waals surface area contributed by atoms with Gasteiger partial charge in [0, 0.05) is 26.2 Å². The summed E-state index contributed by atoms with van der Waals surface area (Å²) in [4.78, 5) is 17.0. The Bertz CT molecular complexity index is 449. The SMILES string of the molecule is CCCCCCCCCN1CCNC(C(=O)N2CC[C@H](OC(C)C)[C@H](F)C2)C1. The summed E-state index contributed by atoms with van der Waals surface area (Å²) in [6.07, 6.45) is 8.28. The minimum absolute atomic E-state index is 0.0192. The molecule has 6 heteroatoms. The smallest absolute Gasteiger partial charge is 0.241 e. The Morgan fingerprint density at radius 3 is 2.50 bits per heavy atom. The number of hydrogen-bond donors (Lipinski definition) is 1. The largest absolute Gasteiger partial charge is 0.372 e. The van der Waals surface area contributed by atoms with Gasteiger partial charge in [-0.15, -0.1) is 0 Å². The van der Waals surface area contributed by atoms with E-state index in [4.69, 9.17) is 4.74 Å². The number of likely N-dealkylation sites (tertiary alicyclic amines) is 1. The highest BCUT2D eigenvalue weighted by Gasteiger charge is 2.36. The first-order chi connectivity index (χ1) is 13.5. The molecule has 2 aliphatic rings. The number of amides is 1. The van der Waals surface area contributed by atoms with E-state index in [1.54, 1.807) is 4.90 Å². The molecule has 0 bridgehead atoms. The standard InChI is InChI=1S/C22H42FN3O2/c1-4-5-6-7-8-9-10-13-25-15-12-24-20(17-25)22(27)26-14-11-21(19(23)16-26)28-18(2)3/h18-21,24H,4-17H2,1-3H3/t19-,20?,21+/m1/s1. The van der Waals surface area contributed by atoms with Crippen LogP contribution in [0.2, 0.25) is 0 Å². The second-order valence-electron chi connectivity index (χ2n) is 8.74. The zero-order chi connectivity index (χ0) is 20.4. The van der Waals surface area contributed by atoms with Gasteiger partial charge in [-0.2, -0.15) is 0 Å². The lowest BCUT2D eigenvalue weighted by Gasteiger charge is -2.39. The first kappa shape index (κ1) is 23.6. The molecule has 5 nitrogen and oxygen atoms in total. The van der Waals surface area contributed by atoms with Gasteiger partial charge in [0.1, 0.15) is 6.17 Å². The summed E-state index contributed by atoms with van der Waals surface area (Å²) in [5.74, 6) is 0.0508. The van der Waals surface area contributed by atoms with Crippen molar-refractivity contribution >= 4 is 5.91 Å². The summed E-state index contributed by atoms with van der Waals surface area (Å²) in [5, 5.41) is 3.34. The summed E-state index contributed by atoms with van der Waals surface area (Å²) in [6.45, 7) is 10.5. The highest BCUT2D eigenvalue weighted by atomic mass is 19.1. The third-order valence-electron chi connectivity index (χ3n) is 5.88. The molecule has 0 aromatic carbocycles. The number of hydrogen-bond acceptors (Lipinski definition) is 4. The Balaban J connectivity index is 1.68. The zero-order valence-corrected chi connectivity index (χ0v) is 18.3. The molecular weight excluding hydrogens is 357 g/mol. The summed E-state index contributed by atoms with van der Waals surface area (Å²) < 4.78 is 20.1. The van der Waals surface area contributed by atoms with Gasteiger partial charge < -0.3 is 15.0 Å². The van der Waals surface area contributed by atoms with Crippen LogP contribution in [-0.2, 0) is 9.53 Å². The third-order valence-corrected chi connectivity index (χ3v) is 5.88. The van der Waals surface area contributed by atoms with Gasteiger partial charge >= 0.3 is 0 Å². The first-order valence-electron chi connectivity index (χ1n) is 11.5. The number of nitrogens with zero attached hydrogens (tertiary/aromatic N) is 2. The van der Waals surface area contributed by atoms with Gasteiger partial charge in [-0.3, -0.25) is 9.69 Å². The summed E-state index contributed by atoms with van der Waals surface area (Å²) in [5.41, 5.74) is 0. The molecule has 1 amide bonds. The van der Waals surface area contributed by atoms with Gasteiger partial charge in [0.15, 0.2) is 0 Å². The van der Waals surface area contributed by atoms with Crippen molar-refractivity contribution in [1.29, 1.82) is 0 Å². The van der Waals surface area contributed by atoms with Crippen LogP contribution in [0, 0.1) is 0 Å². The van der Waals surface area contributed by atoms with Crippen molar-refractivity contribution in [2.75, 3.05) is 39.3 Å². The van der Waals surface area contributed by atoms with Crippen LogP contribution in [0.25, 0.3) is 0 Å². The Morgan fingerprint density at radius 2 is 1.82 bits per heavy atom. The molecule has 3 atom stereocenters. The fraction of sp³-hybridized carbons (Fsp3) is 0.955. The molecule has 28 heavy (non-hydrogen) atoms. The van der Waals surface area contributed by atoms with Crippen molar-refractivity contribution in [3.8, 4) is 0 Å². The summed E-state index contributed by atoms with van der Waals surface area (Å²) in [6, 6.07) is -0.201. The van der Waals surface area contributed by atoms with E-state index in [1.807, 2.05) is 13.8 Å². The van der Waals surface area contributed by atoms with E-state index in [9.17, 15) is 9.18 Å². The quantitative estimate of drug-likeness (QED) is 0.541. The topological polar surface area (TPSA) is 44.8 Å². The Labute approximate surface area is 171 Å². The average molecular weight is 400 g/mol. The number of piperidine rings is 1. The van der Waals surface area contributed by atoms with Crippen molar-refractivity contribution in [2.45, 2.75) is 96.6 Å². The zero-order valence-electron chi connectivity index (χ0n) is 18.3. The van der Waals surface area contributed by atoms with Crippen molar-refractivity contribution in [3.05, 3.63) is 0 Å². The van der Waals surface area contributed by atoms with Crippen LogP contribution < -0.4 is 5.32 Å². The number of alkyl halides is 1. The molecule has 0 aromatic rings. The van der Waals surface area contributed by atoms with Crippen molar-refractivity contribution in [2.24, 2.45) is 0 Å². The molecule has 0 saturated carbocycles. The maximum atomic E-state index is 14.4. The van der Waals surface area contributed by atoms with Crippen LogP contribution >= 0.6 is 0 Å². The Kier molecular flexibility index (Phi) is 10.7. The molecule has 2 heterocycles. The van der Waals surface area contributed by atoms with Crippen molar-refractivity contribution in [1.82, 2.24) is 15.1 Å². The number of rotatable bonds is 11. The third kappa shape index (κ3) is 7.96. The van der Waals surface area contributed by atoms with Gasteiger partial charge in [-0.1, -0.05) is 45.4 Å². The molecular formula is C22H42FN3O2. The highest BCUT2D eigenvalue weighted by Crippen LogP contribution is 2.20.